The number of amides is 1. The van der Waals surface area contributed by atoms with Crippen LogP contribution in [0.1, 0.15) is 34.5 Å². The molecular formula is C18H22N2O2. The lowest BCUT2D eigenvalue weighted by atomic mass is 10.0. The van der Waals surface area contributed by atoms with Gasteiger partial charge in [-0.25, -0.2) is 0 Å². The molecule has 1 fully saturated rings. The topological polar surface area (TPSA) is 45.5 Å². The third kappa shape index (κ3) is 3.57. The second-order valence-electron chi connectivity index (χ2n) is 5.90. The van der Waals surface area contributed by atoms with Gasteiger partial charge in [0.2, 0.25) is 0 Å². The predicted molar refractivity (Wildman–Crippen MR) is 85.7 cm³/mol. The lowest BCUT2D eigenvalue weighted by molar-refractivity contribution is 0.0907. The van der Waals surface area contributed by atoms with E-state index in [1.807, 2.05) is 13.0 Å². The van der Waals surface area contributed by atoms with Gasteiger partial charge in [-0.2, -0.15) is 0 Å². The Balaban J connectivity index is 1.48. The monoisotopic (exact) mass is 298 g/mol. The highest BCUT2D eigenvalue weighted by Gasteiger charge is 2.22. The molecule has 1 amide bonds. The quantitative estimate of drug-likeness (QED) is 0.944. The zero-order valence-electron chi connectivity index (χ0n) is 12.9. The minimum atomic E-state index is -0.0206. The summed E-state index contributed by atoms with van der Waals surface area (Å²) in [5.74, 6) is 0.659. The Morgan fingerprint density at radius 1 is 1.23 bits per heavy atom. The van der Waals surface area contributed by atoms with Gasteiger partial charge in [0, 0.05) is 25.7 Å². The van der Waals surface area contributed by atoms with E-state index >= 15 is 0 Å². The molecule has 22 heavy (non-hydrogen) atoms. The summed E-state index contributed by atoms with van der Waals surface area (Å²) in [6.45, 7) is 4.84. The molecule has 2 heterocycles. The summed E-state index contributed by atoms with van der Waals surface area (Å²) in [6.07, 6.45) is 3.55. The molecule has 0 spiro atoms. The fraction of sp³-hybridized carbons (Fsp3) is 0.389. The number of piperidine rings is 1. The maximum atomic E-state index is 12.2. The Kier molecular flexibility index (Phi) is 4.59. The number of likely N-dealkylation sites (tertiary alicyclic amines) is 1. The summed E-state index contributed by atoms with van der Waals surface area (Å²) in [6, 6.07) is 12.5. The molecule has 1 aromatic carbocycles. The average molecular weight is 298 g/mol. The summed E-state index contributed by atoms with van der Waals surface area (Å²) in [7, 11) is 0. The van der Waals surface area contributed by atoms with Crippen LogP contribution in [0.3, 0.4) is 0 Å². The first-order valence-corrected chi connectivity index (χ1v) is 7.83. The van der Waals surface area contributed by atoms with Crippen molar-refractivity contribution in [3.63, 3.8) is 0 Å². The molecule has 1 aliphatic heterocycles. The van der Waals surface area contributed by atoms with Gasteiger partial charge in [0.25, 0.3) is 5.91 Å². The van der Waals surface area contributed by atoms with Crippen molar-refractivity contribution in [1.82, 2.24) is 10.2 Å². The number of nitrogens with zero attached hydrogens (tertiary/aromatic N) is 1. The molecule has 4 heteroatoms. The van der Waals surface area contributed by atoms with Gasteiger partial charge in [-0.05, 0) is 31.4 Å². The zero-order chi connectivity index (χ0) is 15.4. The number of carbonyl (C=O) groups excluding carboxylic acids is 1. The number of nitrogens with one attached hydrogen (secondary N) is 1. The minimum Gasteiger partial charge on any atom is -0.469 e. The van der Waals surface area contributed by atoms with Crippen molar-refractivity contribution in [2.75, 3.05) is 13.1 Å². The van der Waals surface area contributed by atoms with E-state index in [2.05, 4.69) is 34.5 Å². The molecule has 0 atom stereocenters. The first-order chi connectivity index (χ1) is 10.7. The standard InChI is InChI=1S/C18H22N2O2/c1-14-17(9-12-22-14)18(21)19-16-7-10-20(11-8-16)13-15-5-3-2-4-6-15/h2-6,9,12,16H,7-8,10-11,13H2,1H3,(H,19,21). The van der Waals surface area contributed by atoms with Crippen molar-refractivity contribution in [2.24, 2.45) is 0 Å². The van der Waals surface area contributed by atoms with Crippen LogP contribution in [0.25, 0.3) is 0 Å². The van der Waals surface area contributed by atoms with Gasteiger partial charge >= 0.3 is 0 Å². The molecule has 0 bridgehead atoms. The molecule has 3 rings (SSSR count). The summed E-state index contributed by atoms with van der Waals surface area (Å²) in [4.78, 5) is 14.6. The normalized spacial score (nSPS) is 16.6. The van der Waals surface area contributed by atoms with Crippen molar-refractivity contribution >= 4 is 5.91 Å². The van der Waals surface area contributed by atoms with E-state index < -0.39 is 0 Å². The lowest BCUT2D eigenvalue weighted by Crippen LogP contribution is -2.44. The Morgan fingerprint density at radius 2 is 1.95 bits per heavy atom. The number of carbonyl (C=O) groups is 1. The van der Waals surface area contributed by atoms with Crippen molar-refractivity contribution in [1.29, 1.82) is 0 Å². The lowest BCUT2D eigenvalue weighted by Gasteiger charge is -2.32. The second kappa shape index (κ2) is 6.79. The van der Waals surface area contributed by atoms with Gasteiger partial charge in [0.05, 0.1) is 11.8 Å². The van der Waals surface area contributed by atoms with E-state index in [1.165, 1.54) is 5.56 Å². The molecule has 116 valence electrons. The van der Waals surface area contributed by atoms with E-state index in [0.29, 0.717) is 11.3 Å². The fourth-order valence-electron chi connectivity index (χ4n) is 2.96. The van der Waals surface area contributed by atoms with Gasteiger partial charge < -0.3 is 9.73 Å². The molecular weight excluding hydrogens is 276 g/mol. The van der Waals surface area contributed by atoms with Crippen molar-refractivity contribution < 1.29 is 9.21 Å². The van der Waals surface area contributed by atoms with Crippen molar-refractivity contribution in [2.45, 2.75) is 32.4 Å². The van der Waals surface area contributed by atoms with Crippen LogP contribution in [-0.4, -0.2) is 29.9 Å². The zero-order valence-corrected chi connectivity index (χ0v) is 12.9. The largest absolute Gasteiger partial charge is 0.469 e. The molecule has 0 saturated carbocycles. The number of benzene rings is 1. The van der Waals surface area contributed by atoms with Crippen LogP contribution in [0.2, 0.25) is 0 Å². The molecule has 1 aromatic heterocycles. The highest BCUT2D eigenvalue weighted by Crippen LogP contribution is 2.15. The average Bonchev–Trinajstić information content (AvgIpc) is 2.96. The molecule has 2 aromatic rings. The van der Waals surface area contributed by atoms with Crippen LogP contribution in [0.4, 0.5) is 0 Å². The molecule has 0 unspecified atom stereocenters. The molecule has 1 N–H and O–H groups in total. The third-order valence-corrected chi connectivity index (χ3v) is 4.28. The first-order valence-electron chi connectivity index (χ1n) is 7.83. The van der Waals surface area contributed by atoms with E-state index in [1.54, 1.807) is 12.3 Å². The first kappa shape index (κ1) is 14.9. The summed E-state index contributed by atoms with van der Waals surface area (Å²) in [5.41, 5.74) is 1.99. The van der Waals surface area contributed by atoms with Crippen LogP contribution in [0.5, 0.6) is 0 Å². The Hall–Kier alpha value is -2.07. The van der Waals surface area contributed by atoms with Crippen LogP contribution in [0, 0.1) is 6.92 Å². The van der Waals surface area contributed by atoms with Crippen LogP contribution in [0.15, 0.2) is 47.1 Å². The molecule has 4 nitrogen and oxygen atoms in total. The smallest absolute Gasteiger partial charge is 0.255 e. The Labute approximate surface area is 131 Å². The maximum absolute atomic E-state index is 12.2. The highest BCUT2D eigenvalue weighted by molar-refractivity contribution is 5.95. The summed E-state index contributed by atoms with van der Waals surface area (Å²) in [5, 5.41) is 3.12. The summed E-state index contributed by atoms with van der Waals surface area (Å²) < 4.78 is 5.19. The Morgan fingerprint density at radius 3 is 2.59 bits per heavy atom. The van der Waals surface area contributed by atoms with E-state index in [9.17, 15) is 4.79 Å². The van der Waals surface area contributed by atoms with Gasteiger partial charge in [-0.1, -0.05) is 30.3 Å². The predicted octanol–water partition coefficient (Wildman–Crippen LogP) is 2.98. The maximum Gasteiger partial charge on any atom is 0.255 e. The second-order valence-corrected chi connectivity index (χ2v) is 5.90. The van der Waals surface area contributed by atoms with Crippen LogP contribution < -0.4 is 5.32 Å². The van der Waals surface area contributed by atoms with E-state index in [0.717, 1.165) is 32.5 Å². The molecule has 0 aliphatic carbocycles. The number of rotatable bonds is 4. The third-order valence-electron chi connectivity index (χ3n) is 4.28. The fourth-order valence-corrected chi connectivity index (χ4v) is 2.96. The highest BCUT2D eigenvalue weighted by atomic mass is 16.3. The number of aryl methyl sites for hydroxylation is 1. The van der Waals surface area contributed by atoms with Crippen molar-refractivity contribution in [3.8, 4) is 0 Å². The number of hydrogen-bond acceptors (Lipinski definition) is 3. The van der Waals surface area contributed by atoms with Crippen molar-refractivity contribution in [3.05, 3.63) is 59.5 Å². The molecule has 1 saturated heterocycles. The molecule has 0 radical (unpaired) electrons. The van der Waals surface area contributed by atoms with Crippen LogP contribution >= 0.6 is 0 Å². The van der Waals surface area contributed by atoms with Gasteiger partial charge in [0.1, 0.15) is 5.76 Å². The minimum absolute atomic E-state index is 0.0206. The van der Waals surface area contributed by atoms with Gasteiger partial charge in [-0.3, -0.25) is 9.69 Å². The van der Waals surface area contributed by atoms with E-state index in [4.69, 9.17) is 4.42 Å². The number of furan rings is 1. The van der Waals surface area contributed by atoms with Crippen LogP contribution in [-0.2, 0) is 6.54 Å². The summed E-state index contributed by atoms with van der Waals surface area (Å²) >= 11 is 0. The molecule has 1 aliphatic rings. The SMILES string of the molecule is Cc1occc1C(=O)NC1CCN(Cc2ccccc2)CC1. The van der Waals surface area contributed by atoms with Gasteiger partial charge in [-0.15, -0.1) is 0 Å². The number of hydrogen-bond donors (Lipinski definition) is 1. The Bertz CT molecular complexity index is 613. The van der Waals surface area contributed by atoms with E-state index in [-0.39, 0.29) is 11.9 Å². The van der Waals surface area contributed by atoms with Gasteiger partial charge in [0.15, 0.2) is 0 Å².